The van der Waals surface area contributed by atoms with Crippen LogP contribution in [0.1, 0.15) is 15.9 Å². The van der Waals surface area contributed by atoms with Crippen molar-refractivity contribution in [3.8, 4) is 5.75 Å². The molecule has 0 atom stereocenters. The Kier molecular flexibility index (Phi) is 5.90. The number of rotatable bonds is 6. The van der Waals surface area contributed by atoms with Crippen molar-refractivity contribution in [1.82, 2.24) is 4.98 Å². The van der Waals surface area contributed by atoms with Gasteiger partial charge in [-0.1, -0.05) is 41.7 Å². The van der Waals surface area contributed by atoms with Gasteiger partial charge >= 0.3 is 0 Å². The summed E-state index contributed by atoms with van der Waals surface area (Å²) in [5.74, 6) is 0.342. The molecule has 172 valence electrons. The number of hydrazone groups is 1. The van der Waals surface area contributed by atoms with Gasteiger partial charge in [-0.25, -0.2) is 4.98 Å². The number of nitro benzene ring substituents is 1. The number of anilines is 1. The molecule has 1 aromatic heterocycles. The molecule has 35 heavy (non-hydrogen) atoms. The van der Waals surface area contributed by atoms with Crippen molar-refractivity contribution in [3.05, 3.63) is 106 Å². The van der Waals surface area contributed by atoms with E-state index in [1.54, 1.807) is 25.3 Å². The van der Waals surface area contributed by atoms with Gasteiger partial charge in [0.1, 0.15) is 5.75 Å². The minimum absolute atomic E-state index is 0.0219. The summed E-state index contributed by atoms with van der Waals surface area (Å²) in [7, 11) is 1.59. The Morgan fingerprint density at radius 1 is 1.03 bits per heavy atom. The van der Waals surface area contributed by atoms with Gasteiger partial charge in [-0.3, -0.25) is 14.9 Å². The van der Waals surface area contributed by atoms with Crippen LogP contribution in [0.15, 0.2) is 90.0 Å². The lowest BCUT2D eigenvalue weighted by atomic mass is 10.1. The molecular formula is C26H18N4O4S. The summed E-state index contributed by atoms with van der Waals surface area (Å²) in [5, 5.41) is 19.0. The SMILES string of the molecule is COc1ccc2nc(N(/N=C/c3ccc([N+](=O)[O-])cc3)C(=O)c3ccc4ccccc4c3)sc2c1. The number of benzene rings is 4. The average Bonchev–Trinajstić information content (AvgIpc) is 3.31. The number of thiazole rings is 1. The molecule has 0 spiro atoms. The highest BCUT2D eigenvalue weighted by Crippen LogP contribution is 2.32. The molecule has 0 unspecified atom stereocenters. The molecule has 0 saturated heterocycles. The van der Waals surface area contributed by atoms with Crippen LogP contribution in [0.3, 0.4) is 0 Å². The number of carbonyl (C=O) groups is 1. The minimum atomic E-state index is -0.466. The van der Waals surface area contributed by atoms with Crippen LogP contribution in [0, 0.1) is 10.1 Å². The molecule has 9 heteroatoms. The third kappa shape index (κ3) is 4.57. The normalized spacial score (nSPS) is 11.2. The highest BCUT2D eigenvalue weighted by Gasteiger charge is 2.21. The van der Waals surface area contributed by atoms with E-state index in [1.165, 1.54) is 34.7 Å². The first-order valence-electron chi connectivity index (χ1n) is 10.6. The summed E-state index contributed by atoms with van der Waals surface area (Å²) >= 11 is 1.31. The van der Waals surface area contributed by atoms with Crippen molar-refractivity contribution in [2.75, 3.05) is 12.1 Å². The Balaban J connectivity index is 1.56. The zero-order chi connectivity index (χ0) is 24.4. The monoisotopic (exact) mass is 482 g/mol. The molecule has 0 bridgehead atoms. The minimum Gasteiger partial charge on any atom is -0.497 e. The number of amides is 1. The van der Waals surface area contributed by atoms with Gasteiger partial charge in [0.25, 0.3) is 11.6 Å². The number of nitro groups is 1. The van der Waals surface area contributed by atoms with Crippen molar-refractivity contribution in [2.45, 2.75) is 0 Å². The molecule has 1 heterocycles. The number of hydrogen-bond donors (Lipinski definition) is 0. The summed E-state index contributed by atoms with van der Waals surface area (Å²) in [6.45, 7) is 0. The predicted molar refractivity (Wildman–Crippen MR) is 138 cm³/mol. The van der Waals surface area contributed by atoms with Gasteiger partial charge in [0.05, 0.1) is 28.5 Å². The average molecular weight is 483 g/mol. The van der Waals surface area contributed by atoms with E-state index < -0.39 is 4.92 Å². The summed E-state index contributed by atoms with van der Waals surface area (Å²) in [6, 6.07) is 24.7. The molecule has 0 aliphatic rings. The van der Waals surface area contributed by atoms with Crippen molar-refractivity contribution in [1.29, 1.82) is 0 Å². The number of fused-ring (bicyclic) bond motifs is 2. The van der Waals surface area contributed by atoms with Crippen LogP contribution in [0.25, 0.3) is 21.0 Å². The summed E-state index contributed by atoms with van der Waals surface area (Å²) < 4.78 is 6.15. The fourth-order valence-electron chi connectivity index (χ4n) is 3.55. The van der Waals surface area contributed by atoms with E-state index in [-0.39, 0.29) is 11.6 Å². The number of ether oxygens (including phenoxy) is 1. The van der Waals surface area contributed by atoms with E-state index in [9.17, 15) is 14.9 Å². The van der Waals surface area contributed by atoms with Crippen molar-refractivity contribution >= 4 is 55.3 Å². The van der Waals surface area contributed by atoms with Crippen LogP contribution in [-0.2, 0) is 0 Å². The largest absolute Gasteiger partial charge is 0.497 e. The number of non-ortho nitro benzene ring substituents is 1. The fourth-order valence-corrected chi connectivity index (χ4v) is 4.50. The second-order valence-electron chi connectivity index (χ2n) is 7.60. The number of carbonyl (C=O) groups excluding carboxylic acids is 1. The molecule has 0 radical (unpaired) electrons. The Bertz CT molecular complexity index is 1590. The van der Waals surface area contributed by atoms with Crippen molar-refractivity contribution in [3.63, 3.8) is 0 Å². The fraction of sp³-hybridized carbons (Fsp3) is 0.0385. The first kappa shape index (κ1) is 22.2. The van der Waals surface area contributed by atoms with Crippen LogP contribution in [0.4, 0.5) is 10.8 Å². The molecule has 8 nitrogen and oxygen atoms in total. The van der Waals surface area contributed by atoms with Crippen LogP contribution in [0.2, 0.25) is 0 Å². The Morgan fingerprint density at radius 3 is 2.54 bits per heavy atom. The van der Waals surface area contributed by atoms with Gasteiger partial charge in [-0.2, -0.15) is 10.1 Å². The summed E-state index contributed by atoms with van der Waals surface area (Å²) in [5.41, 5.74) is 1.76. The van der Waals surface area contributed by atoms with Crippen LogP contribution in [-0.4, -0.2) is 29.1 Å². The topological polar surface area (TPSA) is 97.9 Å². The van der Waals surface area contributed by atoms with Gasteiger partial charge in [0, 0.05) is 17.7 Å². The summed E-state index contributed by atoms with van der Waals surface area (Å²) in [6.07, 6.45) is 1.48. The first-order valence-corrected chi connectivity index (χ1v) is 11.4. The number of aromatic nitrogens is 1. The lowest BCUT2D eigenvalue weighted by Gasteiger charge is -2.14. The highest BCUT2D eigenvalue weighted by molar-refractivity contribution is 7.22. The smallest absolute Gasteiger partial charge is 0.280 e. The maximum absolute atomic E-state index is 13.6. The Labute approximate surface area is 203 Å². The van der Waals surface area contributed by atoms with E-state index in [4.69, 9.17) is 4.74 Å². The van der Waals surface area contributed by atoms with Gasteiger partial charge < -0.3 is 4.74 Å². The second kappa shape index (κ2) is 9.32. The highest BCUT2D eigenvalue weighted by atomic mass is 32.1. The number of nitrogens with zero attached hydrogens (tertiary/aromatic N) is 4. The lowest BCUT2D eigenvalue weighted by Crippen LogP contribution is -2.25. The lowest BCUT2D eigenvalue weighted by molar-refractivity contribution is -0.384. The van der Waals surface area contributed by atoms with Gasteiger partial charge in [-0.05, 0) is 58.8 Å². The van der Waals surface area contributed by atoms with Crippen LogP contribution >= 0.6 is 11.3 Å². The standard InChI is InChI=1S/C26H18N4O4S/c1-34-22-12-13-23-24(15-22)35-26(28-23)29(27-16-17-6-10-21(11-7-17)30(32)33)25(31)20-9-8-18-4-2-3-5-19(18)14-20/h2-16H,1H3/b27-16+. The third-order valence-corrected chi connectivity index (χ3v) is 6.37. The predicted octanol–water partition coefficient (Wildman–Crippen LogP) is 6.05. The van der Waals surface area contributed by atoms with Crippen molar-refractivity contribution < 1.29 is 14.5 Å². The van der Waals surface area contributed by atoms with E-state index in [0.29, 0.717) is 27.5 Å². The molecule has 5 aromatic rings. The van der Waals surface area contributed by atoms with Gasteiger partial charge in [0.2, 0.25) is 5.13 Å². The van der Waals surface area contributed by atoms with E-state index in [0.717, 1.165) is 15.5 Å². The third-order valence-electron chi connectivity index (χ3n) is 5.38. The molecule has 0 N–H and O–H groups in total. The molecular weight excluding hydrogens is 464 g/mol. The maximum atomic E-state index is 13.6. The van der Waals surface area contributed by atoms with Gasteiger partial charge in [0.15, 0.2) is 0 Å². The van der Waals surface area contributed by atoms with Crippen LogP contribution < -0.4 is 9.75 Å². The molecule has 5 rings (SSSR count). The zero-order valence-corrected chi connectivity index (χ0v) is 19.3. The molecule has 4 aromatic carbocycles. The summed E-state index contributed by atoms with van der Waals surface area (Å²) in [4.78, 5) is 28.7. The second-order valence-corrected chi connectivity index (χ2v) is 8.61. The molecule has 0 aliphatic carbocycles. The number of hydrogen-bond acceptors (Lipinski definition) is 7. The Hall–Kier alpha value is -4.63. The van der Waals surface area contributed by atoms with Crippen LogP contribution in [0.5, 0.6) is 5.75 Å². The number of methoxy groups -OCH3 is 1. The zero-order valence-electron chi connectivity index (χ0n) is 18.5. The first-order chi connectivity index (χ1) is 17.0. The van der Waals surface area contributed by atoms with E-state index >= 15 is 0 Å². The molecule has 1 amide bonds. The Morgan fingerprint density at radius 2 is 1.80 bits per heavy atom. The molecule has 0 aliphatic heterocycles. The quantitative estimate of drug-likeness (QED) is 0.167. The molecule has 0 saturated carbocycles. The maximum Gasteiger partial charge on any atom is 0.280 e. The van der Waals surface area contributed by atoms with E-state index in [2.05, 4.69) is 10.1 Å². The molecule has 0 fully saturated rings. The van der Waals surface area contributed by atoms with Crippen molar-refractivity contribution in [2.24, 2.45) is 5.10 Å². The van der Waals surface area contributed by atoms with E-state index in [1.807, 2.05) is 54.6 Å². The van der Waals surface area contributed by atoms with Gasteiger partial charge in [-0.15, -0.1) is 0 Å².